The van der Waals surface area contributed by atoms with E-state index < -0.39 is 11.4 Å². The molecule has 162 valence electrons. The maximum atomic E-state index is 14.0. The molecule has 1 fully saturated rings. The molecule has 8 heteroatoms. The van der Waals surface area contributed by atoms with E-state index in [1.807, 2.05) is 24.3 Å². The molecule has 1 heterocycles. The van der Waals surface area contributed by atoms with Crippen LogP contribution in [0.2, 0.25) is 0 Å². The number of ether oxygens (including phenoxy) is 1. The first-order valence-electron chi connectivity index (χ1n) is 10.2. The summed E-state index contributed by atoms with van der Waals surface area (Å²) in [4.78, 5) is 11.5. The van der Waals surface area contributed by atoms with Crippen LogP contribution < -0.4 is 16.0 Å². The number of methoxy groups -OCH3 is 1. The molecule has 0 unspecified atom stereocenters. The first-order chi connectivity index (χ1) is 14.7. The maximum absolute atomic E-state index is 14.0. The second-order valence-corrected chi connectivity index (χ2v) is 8.48. The summed E-state index contributed by atoms with van der Waals surface area (Å²) in [7, 11) is 1.43. The Labute approximate surface area is 179 Å². The predicted octanol–water partition coefficient (Wildman–Crippen LogP) is 3.59. The Hall–Kier alpha value is -3.26. The van der Waals surface area contributed by atoms with Crippen LogP contribution in [0.4, 0.5) is 10.3 Å². The van der Waals surface area contributed by atoms with Crippen molar-refractivity contribution in [2.75, 3.05) is 12.8 Å². The van der Waals surface area contributed by atoms with Crippen LogP contribution in [0.1, 0.15) is 43.7 Å². The summed E-state index contributed by atoms with van der Waals surface area (Å²) in [5.41, 5.74) is 7.63. The van der Waals surface area contributed by atoms with Crippen LogP contribution in [0.15, 0.2) is 41.4 Å². The molecule has 1 aliphatic rings. The first-order valence-corrected chi connectivity index (χ1v) is 10.2. The number of rotatable bonds is 4. The number of fused-ring (bicyclic) bond motifs is 1. The number of H-pyrrole nitrogens is 1. The summed E-state index contributed by atoms with van der Waals surface area (Å²) in [5.74, 6) is 0.292. The number of nitrogens with zero attached hydrogens (tertiary/aromatic N) is 2. The summed E-state index contributed by atoms with van der Waals surface area (Å²) in [6.07, 6.45) is 1.51. The molecule has 7 nitrogen and oxygen atoms in total. The number of benzene rings is 2. The number of aromatic nitrogens is 2. The minimum Gasteiger partial charge on any atom is -0.494 e. The van der Waals surface area contributed by atoms with Gasteiger partial charge in [0, 0.05) is 17.4 Å². The molecule has 1 aliphatic carbocycles. The van der Waals surface area contributed by atoms with E-state index >= 15 is 0 Å². The van der Waals surface area contributed by atoms with Crippen molar-refractivity contribution >= 4 is 22.7 Å². The molecule has 4 rings (SSSR count). The van der Waals surface area contributed by atoms with E-state index in [1.54, 1.807) is 13.8 Å². The number of amidine groups is 1. The highest BCUT2D eigenvalue weighted by molar-refractivity contribution is 5.88. The molecule has 0 amide bonds. The van der Waals surface area contributed by atoms with Crippen LogP contribution in [-0.4, -0.2) is 28.0 Å². The number of nitrogen functional groups attached to an aromatic ring is 1. The van der Waals surface area contributed by atoms with E-state index in [0.717, 1.165) is 24.0 Å². The van der Waals surface area contributed by atoms with Crippen molar-refractivity contribution in [3.63, 3.8) is 0 Å². The van der Waals surface area contributed by atoms with Crippen LogP contribution in [0.25, 0.3) is 10.9 Å². The Morgan fingerprint density at radius 2 is 2.03 bits per heavy atom. The van der Waals surface area contributed by atoms with Crippen molar-refractivity contribution in [2.45, 2.75) is 38.2 Å². The number of hydrogen-bond donors (Lipinski definition) is 4. The van der Waals surface area contributed by atoms with Gasteiger partial charge in [-0.3, -0.25) is 5.41 Å². The van der Waals surface area contributed by atoms with Crippen LogP contribution in [0.3, 0.4) is 0 Å². The van der Waals surface area contributed by atoms with E-state index in [4.69, 9.17) is 15.9 Å². The van der Waals surface area contributed by atoms with Crippen molar-refractivity contribution in [3.05, 3.63) is 58.8 Å². The summed E-state index contributed by atoms with van der Waals surface area (Å²) < 4.78 is 19.3. The van der Waals surface area contributed by atoms with Gasteiger partial charge in [0.1, 0.15) is 28.4 Å². The van der Waals surface area contributed by atoms with Gasteiger partial charge in [0.05, 0.1) is 12.7 Å². The highest BCUT2D eigenvalue weighted by atomic mass is 19.1. The predicted molar refractivity (Wildman–Crippen MR) is 117 cm³/mol. The lowest BCUT2D eigenvalue weighted by Gasteiger charge is -2.37. The molecule has 0 radical (unpaired) electrons. The smallest absolute Gasteiger partial charge is 0.199 e. The number of halogens is 1. The fraction of sp³-hybridized carbons (Fsp3) is 0.348. The van der Waals surface area contributed by atoms with Crippen molar-refractivity contribution in [1.29, 1.82) is 5.41 Å². The average Bonchev–Trinajstić information content (AvgIpc) is 2.66. The van der Waals surface area contributed by atoms with Crippen LogP contribution >= 0.6 is 0 Å². The lowest BCUT2D eigenvalue weighted by Crippen LogP contribution is -2.31. The van der Waals surface area contributed by atoms with Gasteiger partial charge in [-0.05, 0) is 49.8 Å². The second-order valence-electron chi connectivity index (χ2n) is 8.48. The summed E-state index contributed by atoms with van der Waals surface area (Å²) in [6, 6.07) is 10.4. The third kappa shape index (κ3) is 4.03. The Kier molecular flexibility index (Phi) is 5.26. The van der Waals surface area contributed by atoms with Crippen molar-refractivity contribution in [1.82, 2.24) is 9.97 Å². The molecule has 0 saturated heterocycles. The molecular weight excluding hydrogens is 397 g/mol. The van der Waals surface area contributed by atoms with Gasteiger partial charge in [0.2, 0.25) is 0 Å². The summed E-state index contributed by atoms with van der Waals surface area (Å²) in [5, 5.41) is 19.4. The van der Waals surface area contributed by atoms with Crippen LogP contribution in [0, 0.1) is 17.1 Å². The van der Waals surface area contributed by atoms with Gasteiger partial charge in [0.15, 0.2) is 5.95 Å². The normalized spacial score (nSPS) is 19.3. The minimum absolute atomic E-state index is 0.0341. The fourth-order valence-corrected chi connectivity index (χ4v) is 4.17. The number of anilines is 1. The zero-order valence-electron chi connectivity index (χ0n) is 17.7. The minimum atomic E-state index is -0.925. The molecule has 2 aromatic carbocycles. The van der Waals surface area contributed by atoms with E-state index in [9.17, 15) is 9.50 Å². The Morgan fingerprint density at radius 1 is 1.32 bits per heavy atom. The van der Waals surface area contributed by atoms with Gasteiger partial charge >= 0.3 is 0 Å². The first kappa shape index (κ1) is 21.0. The molecule has 1 saturated carbocycles. The van der Waals surface area contributed by atoms with Crippen molar-refractivity contribution in [3.8, 4) is 5.75 Å². The molecular formula is C23H26FN5O2. The second kappa shape index (κ2) is 7.77. The van der Waals surface area contributed by atoms with E-state index in [0.29, 0.717) is 10.9 Å². The van der Waals surface area contributed by atoms with E-state index in [-0.39, 0.29) is 34.9 Å². The van der Waals surface area contributed by atoms with Gasteiger partial charge in [0.25, 0.3) is 0 Å². The third-order valence-electron chi connectivity index (χ3n) is 5.81. The monoisotopic (exact) mass is 423 g/mol. The Bertz CT molecular complexity index is 1220. The summed E-state index contributed by atoms with van der Waals surface area (Å²) in [6.45, 7) is 3.56. The largest absolute Gasteiger partial charge is 0.494 e. The van der Waals surface area contributed by atoms with Gasteiger partial charge < -0.3 is 20.6 Å². The SMILES string of the molecule is COc1cc(F)cc2/c(=N/C(=N)[C@H]3C[C@H](c4ccccc4C(C)(C)O)C3)[nH]c(N)nc12. The van der Waals surface area contributed by atoms with Crippen LogP contribution in [-0.2, 0) is 5.60 Å². The van der Waals surface area contributed by atoms with Crippen molar-refractivity contribution in [2.24, 2.45) is 10.9 Å². The lowest BCUT2D eigenvalue weighted by atomic mass is 9.68. The molecule has 31 heavy (non-hydrogen) atoms. The standard InChI is InChI=1S/C23H26FN5O2/c1-23(2,30)17-7-5-4-6-15(17)12-8-13(9-12)20(25)28-21-16-10-14(24)11-18(31-3)19(16)27-22(26)29-21/h4-7,10-13,30H,8-9H2,1-3H3,(H4,25,26,27,28,29)/t12-,13-. The number of nitrogens with two attached hydrogens (primary N) is 1. The molecule has 0 spiro atoms. The van der Waals surface area contributed by atoms with Gasteiger partial charge in [-0.25, -0.2) is 14.4 Å². The van der Waals surface area contributed by atoms with Crippen LogP contribution in [0.5, 0.6) is 5.75 Å². The molecule has 0 bridgehead atoms. The average molecular weight is 423 g/mol. The fourth-order valence-electron chi connectivity index (χ4n) is 4.17. The third-order valence-corrected chi connectivity index (χ3v) is 5.81. The maximum Gasteiger partial charge on any atom is 0.199 e. The van der Waals surface area contributed by atoms with Gasteiger partial charge in [-0.2, -0.15) is 0 Å². The van der Waals surface area contributed by atoms with E-state index in [1.165, 1.54) is 19.2 Å². The van der Waals surface area contributed by atoms with Crippen molar-refractivity contribution < 1.29 is 14.2 Å². The zero-order chi connectivity index (χ0) is 22.3. The number of hydrogen-bond acceptors (Lipinski definition) is 5. The molecule has 3 aromatic rings. The van der Waals surface area contributed by atoms with E-state index in [2.05, 4.69) is 15.0 Å². The highest BCUT2D eigenvalue weighted by Crippen LogP contribution is 2.45. The Balaban J connectivity index is 1.63. The number of nitrogens with one attached hydrogen (secondary N) is 2. The number of aromatic amines is 1. The topological polar surface area (TPSA) is 120 Å². The zero-order valence-corrected chi connectivity index (χ0v) is 17.7. The van der Waals surface area contributed by atoms with Gasteiger partial charge in [-0.1, -0.05) is 24.3 Å². The molecule has 5 N–H and O–H groups in total. The van der Waals surface area contributed by atoms with Gasteiger partial charge in [-0.15, -0.1) is 0 Å². The highest BCUT2D eigenvalue weighted by Gasteiger charge is 2.36. The molecule has 1 aromatic heterocycles. The number of aliphatic hydroxyl groups is 1. The quantitative estimate of drug-likeness (QED) is 0.378. The molecule has 0 aliphatic heterocycles. The lowest BCUT2D eigenvalue weighted by molar-refractivity contribution is 0.0763. The summed E-state index contributed by atoms with van der Waals surface area (Å²) >= 11 is 0. The Morgan fingerprint density at radius 3 is 2.71 bits per heavy atom. The molecule has 0 atom stereocenters.